The lowest BCUT2D eigenvalue weighted by Crippen LogP contribution is -2.00. The highest BCUT2D eigenvalue weighted by molar-refractivity contribution is 5.66. The predicted molar refractivity (Wildman–Crippen MR) is 55.6 cm³/mol. The van der Waals surface area contributed by atoms with Gasteiger partial charge in [-0.2, -0.15) is 0 Å². The number of pyridine rings is 1. The fourth-order valence-electron chi connectivity index (χ4n) is 1.85. The number of aromatic nitrogens is 1. The molecular weight excluding hydrogens is 176 g/mol. The standard InChI is InChI=1S/C11H12N2O/c1-3-8-7-10-11(13-9(8)4-1)14-6-2-5-12-10/h1,3,7,12H,2,4-6H2. The Labute approximate surface area is 82.8 Å². The van der Waals surface area contributed by atoms with Crippen LogP contribution in [-0.4, -0.2) is 18.1 Å². The number of rotatable bonds is 0. The number of anilines is 1. The molecule has 0 aromatic carbocycles. The van der Waals surface area contributed by atoms with Gasteiger partial charge < -0.3 is 10.1 Å². The van der Waals surface area contributed by atoms with Crippen LogP contribution in [0.1, 0.15) is 17.7 Å². The lowest BCUT2D eigenvalue weighted by atomic mass is 10.2. The Morgan fingerprint density at radius 1 is 1.43 bits per heavy atom. The molecule has 0 bridgehead atoms. The van der Waals surface area contributed by atoms with Gasteiger partial charge in [0.1, 0.15) is 0 Å². The van der Waals surface area contributed by atoms with E-state index in [0.29, 0.717) is 0 Å². The van der Waals surface area contributed by atoms with Crippen LogP contribution in [0.3, 0.4) is 0 Å². The summed E-state index contributed by atoms with van der Waals surface area (Å²) in [7, 11) is 0. The van der Waals surface area contributed by atoms with Crippen LogP contribution in [0.2, 0.25) is 0 Å². The molecule has 2 aliphatic rings. The highest BCUT2D eigenvalue weighted by atomic mass is 16.5. The third-order valence-electron chi connectivity index (χ3n) is 2.58. The first-order chi connectivity index (χ1) is 6.93. The highest BCUT2D eigenvalue weighted by Crippen LogP contribution is 2.30. The minimum Gasteiger partial charge on any atom is -0.476 e. The Bertz CT molecular complexity index is 399. The van der Waals surface area contributed by atoms with Gasteiger partial charge in [0.25, 0.3) is 0 Å². The minimum atomic E-state index is 0.763. The quantitative estimate of drug-likeness (QED) is 0.674. The molecule has 2 heterocycles. The van der Waals surface area contributed by atoms with Gasteiger partial charge in [-0.05, 0) is 18.1 Å². The van der Waals surface area contributed by atoms with Gasteiger partial charge in [-0.25, -0.2) is 4.98 Å². The number of hydrogen-bond acceptors (Lipinski definition) is 3. The van der Waals surface area contributed by atoms with E-state index in [1.807, 2.05) is 0 Å². The van der Waals surface area contributed by atoms with Gasteiger partial charge in [0.2, 0.25) is 5.88 Å². The molecule has 0 amide bonds. The van der Waals surface area contributed by atoms with Crippen molar-refractivity contribution in [1.82, 2.24) is 4.98 Å². The molecule has 0 saturated carbocycles. The van der Waals surface area contributed by atoms with E-state index in [2.05, 4.69) is 28.5 Å². The molecule has 1 aliphatic carbocycles. The van der Waals surface area contributed by atoms with E-state index in [1.165, 1.54) is 5.56 Å². The number of ether oxygens (including phenoxy) is 1. The van der Waals surface area contributed by atoms with Crippen LogP contribution < -0.4 is 10.1 Å². The molecule has 1 aliphatic heterocycles. The van der Waals surface area contributed by atoms with Crippen molar-refractivity contribution in [3.8, 4) is 5.88 Å². The number of nitrogens with one attached hydrogen (secondary N) is 1. The van der Waals surface area contributed by atoms with Crippen LogP contribution in [-0.2, 0) is 6.42 Å². The monoisotopic (exact) mass is 188 g/mol. The lowest BCUT2D eigenvalue weighted by molar-refractivity contribution is 0.310. The number of fused-ring (bicyclic) bond motifs is 2. The zero-order valence-corrected chi connectivity index (χ0v) is 7.92. The van der Waals surface area contributed by atoms with Crippen molar-refractivity contribution >= 4 is 11.8 Å². The molecular formula is C11H12N2O. The normalized spacial score (nSPS) is 17.7. The molecule has 0 atom stereocenters. The summed E-state index contributed by atoms with van der Waals surface area (Å²) >= 11 is 0. The van der Waals surface area contributed by atoms with E-state index >= 15 is 0 Å². The van der Waals surface area contributed by atoms with E-state index in [-0.39, 0.29) is 0 Å². The fraction of sp³-hybridized carbons (Fsp3) is 0.364. The third kappa shape index (κ3) is 1.16. The van der Waals surface area contributed by atoms with Gasteiger partial charge in [-0.15, -0.1) is 0 Å². The van der Waals surface area contributed by atoms with Gasteiger partial charge in [0.05, 0.1) is 18.0 Å². The Kier molecular flexibility index (Phi) is 1.69. The van der Waals surface area contributed by atoms with E-state index < -0.39 is 0 Å². The lowest BCUT2D eigenvalue weighted by Gasteiger charge is -2.08. The largest absolute Gasteiger partial charge is 0.476 e. The second-order valence-electron chi connectivity index (χ2n) is 3.61. The summed E-state index contributed by atoms with van der Waals surface area (Å²) in [4.78, 5) is 4.51. The second-order valence-corrected chi connectivity index (χ2v) is 3.61. The zero-order chi connectivity index (χ0) is 9.38. The molecule has 0 unspecified atom stereocenters. The molecule has 0 fully saturated rings. The molecule has 1 aromatic heterocycles. The zero-order valence-electron chi connectivity index (χ0n) is 7.92. The molecule has 1 aromatic rings. The topological polar surface area (TPSA) is 34.1 Å². The summed E-state index contributed by atoms with van der Waals surface area (Å²) in [6.45, 7) is 1.73. The average Bonchev–Trinajstić information content (AvgIpc) is 2.51. The van der Waals surface area contributed by atoms with Gasteiger partial charge in [0, 0.05) is 13.0 Å². The summed E-state index contributed by atoms with van der Waals surface area (Å²) in [5, 5.41) is 3.33. The Morgan fingerprint density at radius 2 is 2.43 bits per heavy atom. The SMILES string of the molecule is C1=Cc2cc3c(nc2C1)OCCCN3. The molecule has 0 radical (unpaired) electrons. The van der Waals surface area contributed by atoms with Gasteiger partial charge in [0.15, 0.2) is 0 Å². The Morgan fingerprint density at radius 3 is 3.43 bits per heavy atom. The van der Waals surface area contributed by atoms with E-state index in [9.17, 15) is 0 Å². The Balaban J connectivity index is 2.08. The smallest absolute Gasteiger partial charge is 0.237 e. The summed E-state index contributed by atoms with van der Waals surface area (Å²) in [5.74, 6) is 0.768. The number of allylic oxidation sites excluding steroid dienone is 1. The maximum absolute atomic E-state index is 5.57. The van der Waals surface area contributed by atoms with Crippen LogP contribution in [0.25, 0.3) is 6.08 Å². The number of nitrogens with zero attached hydrogens (tertiary/aromatic N) is 1. The first-order valence-corrected chi connectivity index (χ1v) is 5.00. The molecule has 72 valence electrons. The third-order valence-corrected chi connectivity index (χ3v) is 2.58. The maximum Gasteiger partial charge on any atom is 0.237 e. The highest BCUT2D eigenvalue weighted by Gasteiger charge is 2.15. The van der Waals surface area contributed by atoms with Crippen molar-refractivity contribution in [2.24, 2.45) is 0 Å². The van der Waals surface area contributed by atoms with Gasteiger partial charge in [-0.1, -0.05) is 12.2 Å². The van der Waals surface area contributed by atoms with Crippen LogP contribution in [0.15, 0.2) is 12.1 Å². The van der Waals surface area contributed by atoms with E-state index in [1.54, 1.807) is 0 Å². The van der Waals surface area contributed by atoms with Gasteiger partial charge >= 0.3 is 0 Å². The van der Waals surface area contributed by atoms with Crippen molar-refractivity contribution in [2.45, 2.75) is 12.8 Å². The van der Waals surface area contributed by atoms with Crippen molar-refractivity contribution in [1.29, 1.82) is 0 Å². The van der Waals surface area contributed by atoms with Crippen LogP contribution >= 0.6 is 0 Å². The molecule has 3 heteroatoms. The van der Waals surface area contributed by atoms with Crippen LogP contribution in [0.4, 0.5) is 5.69 Å². The maximum atomic E-state index is 5.57. The summed E-state index contributed by atoms with van der Waals surface area (Å²) in [6.07, 6.45) is 6.23. The van der Waals surface area contributed by atoms with Crippen molar-refractivity contribution in [3.05, 3.63) is 23.4 Å². The second kappa shape index (κ2) is 3.01. The van der Waals surface area contributed by atoms with Gasteiger partial charge in [-0.3, -0.25) is 0 Å². The molecule has 0 spiro atoms. The first-order valence-electron chi connectivity index (χ1n) is 5.00. The molecule has 14 heavy (non-hydrogen) atoms. The van der Waals surface area contributed by atoms with Crippen molar-refractivity contribution in [2.75, 3.05) is 18.5 Å². The number of hydrogen-bond donors (Lipinski definition) is 1. The van der Waals surface area contributed by atoms with E-state index in [0.717, 1.165) is 43.3 Å². The van der Waals surface area contributed by atoms with E-state index in [4.69, 9.17) is 4.74 Å². The van der Waals surface area contributed by atoms with Crippen molar-refractivity contribution < 1.29 is 4.74 Å². The first kappa shape index (κ1) is 7.85. The minimum absolute atomic E-state index is 0.763. The fourth-order valence-corrected chi connectivity index (χ4v) is 1.85. The summed E-state index contributed by atoms with van der Waals surface area (Å²) in [6, 6.07) is 2.13. The predicted octanol–water partition coefficient (Wildman–Crippen LogP) is 1.85. The van der Waals surface area contributed by atoms with Crippen molar-refractivity contribution in [3.63, 3.8) is 0 Å². The van der Waals surface area contributed by atoms with Crippen LogP contribution in [0.5, 0.6) is 5.88 Å². The summed E-state index contributed by atoms with van der Waals surface area (Å²) in [5.41, 5.74) is 3.39. The Hall–Kier alpha value is -1.51. The molecule has 3 rings (SSSR count). The molecule has 1 N–H and O–H groups in total. The summed E-state index contributed by atoms with van der Waals surface area (Å²) < 4.78 is 5.57. The molecule has 3 nitrogen and oxygen atoms in total. The average molecular weight is 188 g/mol. The molecule has 0 saturated heterocycles. The van der Waals surface area contributed by atoms with Crippen LogP contribution in [0, 0.1) is 0 Å².